The van der Waals surface area contributed by atoms with Crippen molar-refractivity contribution in [3.8, 4) is 0 Å². The first-order valence-electron chi connectivity index (χ1n) is 5.95. The second-order valence-electron chi connectivity index (χ2n) is 4.44. The van der Waals surface area contributed by atoms with E-state index in [2.05, 4.69) is 0 Å². The summed E-state index contributed by atoms with van der Waals surface area (Å²) >= 11 is 1.71. The van der Waals surface area contributed by atoms with Crippen LogP contribution in [0.2, 0.25) is 0 Å². The Morgan fingerprint density at radius 3 is 1.20 bits per heavy atom. The third-order valence-corrected chi connectivity index (χ3v) is 3.51. The summed E-state index contributed by atoms with van der Waals surface area (Å²) < 4.78 is 1.33. The molecule has 0 heterocycles. The minimum Gasteiger partial charge on any atom is -0.394 e. The van der Waals surface area contributed by atoms with Gasteiger partial charge in [0.15, 0.2) is 0 Å². The molecule has 0 aromatic heterocycles. The zero-order valence-electron chi connectivity index (χ0n) is 10.7. The van der Waals surface area contributed by atoms with Crippen molar-refractivity contribution in [3.63, 3.8) is 0 Å². The zero-order chi connectivity index (χ0) is 15.9. The van der Waals surface area contributed by atoms with Crippen molar-refractivity contribution in [3.05, 3.63) is 0 Å². The average molecular weight is 411 g/mol. The van der Waals surface area contributed by atoms with E-state index in [1.165, 1.54) is 3.11 Å². The molecule has 0 aliphatic rings. The molecule has 0 radical (unpaired) electrons. The molecule has 0 unspecified atom stereocenters. The average Bonchev–Trinajstić information content (AvgIpc) is 2.43. The number of hydrogen-bond donors (Lipinski definition) is 8. The van der Waals surface area contributed by atoms with Gasteiger partial charge in [0, 0.05) is 36.0 Å². The normalized spacial score (nSPS) is 21.3. The highest BCUT2D eigenvalue weighted by molar-refractivity contribution is 14.1. The third kappa shape index (κ3) is 6.89. The van der Waals surface area contributed by atoms with Crippen molar-refractivity contribution in [2.75, 3.05) is 26.3 Å². The van der Waals surface area contributed by atoms with Gasteiger partial charge >= 0.3 is 0 Å². The van der Waals surface area contributed by atoms with Gasteiger partial charge < -0.3 is 40.9 Å². The lowest BCUT2D eigenvalue weighted by Crippen LogP contribution is -2.47. The van der Waals surface area contributed by atoms with Crippen LogP contribution >= 0.6 is 22.9 Å². The maximum Gasteiger partial charge on any atom is 0.109 e. The minimum absolute atomic E-state index is 0.155. The molecule has 8 N–H and O–H groups in total. The van der Waals surface area contributed by atoms with Crippen molar-refractivity contribution in [1.29, 1.82) is 0 Å². The van der Waals surface area contributed by atoms with E-state index >= 15 is 0 Å². The SMILES string of the molecule is OC[C@@H](O)[C@H](O)[C@@H](O)CN(I)C[C@H](O)[C@@H](O)[C@H](O)CO. The van der Waals surface area contributed by atoms with Crippen LogP contribution < -0.4 is 0 Å². The Balaban J connectivity index is 4.24. The van der Waals surface area contributed by atoms with Crippen LogP contribution in [0, 0.1) is 0 Å². The first-order valence-corrected chi connectivity index (χ1v) is 6.91. The number of aliphatic hydroxyl groups is 8. The van der Waals surface area contributed by atoms with Gasteiger partial charge in [0.05, 0.1) is 25.4 Å². The van der Waals surface area contributed by atoms with E-state index in [0.29, 0.717) is 0 Å². The Labute approximate surface area is 130 Å². The van der Waals surface area contributed by atoms with Crippen LogP contribution in [0.1, 0.15) is 0 Å². The van der Waals surface area contributed by atoms with Gasteiger partial charge in [-0.3, -0.25) is 0 Å². The quantitative estimate of drug-likeness (QED) is 0.131. The first kappa shape index (κ1) is 20.4. The van der Waals surface area contributed by atoms with Crippen LogP contribution in [-0.4, -0.2) is 107 Å². The van der Waals surface area contributed by atoms with E-state index in [-0.39, 0.29) is 13.1 Å². The van der Waals surface area contributed by atoms with Gasteiger partial charge in [0.2, 0.25) is 0 Å². The standard InChI is InChI=1S/C10H22INO8/c11-12(1-5(15)9(19)7(17)3-13)2-6(16)10(20)8(18)4-14/h5-10,13-20H,1-4H2/t5-,6-,7+,8+,9+,10+/m0/s1. The van der Waals surface area contributed by atoms with Gasteiger partial charge in [-0.05, 0) is 0 Å². The lowest BCUT2D eigenvalue weighted by atomic mass is 10.1. The summed E-state index contributed by atoms with van der Waals surface area (Å²) in [6.07, 6.45) is -8.82. The summed E-state index contributed by atoms with van der Waals surface area (Å²) in [7, 11) is 0. The molecule has 0 spiro atoms. The Kier molecular flexibility index (Phi) is 10.3. The molecule has 0 rings (SSSR count). The Morgan fingerprint density at radius 1 is 0.650 bits per heavy atom. The van der Waals surface area contributed by atoms with Gasteiger partial charge in [-0.2, -0.15) is 0 Å². The molecule has 20 heavy (non-hydrogen) atoms. The van der Waals surface area contributed by atoms with Crippen LogP contribution in [0.4, 0.5) is 0 Å². The monoisotopic (exact) mass is 411 g/mol. The molecule has 6 atom stereocenters. The highest BCUT2D eigenvalue weighted by Gasteiger charge is 2.29. The molecule has 0 amide bonds. The number of nitrogens with zero attached hydrogens (tertiary/aromatic N) is 1. The van der Waals surface area contributed by atoms with Gasteiger partial charge in [-0.1, -0.05) is 0 Å². The van der Waals surface area contributed by atoms with Gasteiger partial charge in [0.25, 0.3) is 0 Å². The van der Waals surface area contributed by atoms with E-state index < -0.39 is 49.8 Å². The summed E-state index contributed by atoms with van der Waals surface area (Å²) in [4.78, 5) is 0. The topological polar surface area (TPSA) is 165 Å². The predicted molar refractivity (Wildman–Crippen MR) is 75.8 cm³/mol. The number of halogens is 1. The van der Waals surface area contributed by atoms with E-state index in [0.717, 1.165) is 0 Å². The van der Waals surface area contributed by atoms with Crippen molar-refractivity contribution >= 4 is 22.9 Å². The molecule has 0 aliphatic heterocycles. The molecule has 0 fully saturated rings. The smallest absolute Gasteiger partial charge is 0.109 e. The highest BCUT2D eigenvalue weighted by Crippen LogP contribution is 2.10. The second kappa shape index (κ2) is 10.2. The van der Waals surface area contributed by atoms with E-state index in [1.807, 2.05) is 0 Å². The first-order chi connectivity index (χ1) is 9.24. The van der Waals surface area contributed by atoms with Gasteiger partial charge in [0.1, 0.15) is 24.4 Å². The van der Waals surface area contributed by atoms with Gasteiger partial charge in [-0.15, -0.1) is 0 Å². The summed E-state index contributed by atoms with van der Waals surface area (Å²) in [5.41, 5.74) is 0. The molecule has 0 saturated heterocycles. The fourth-order valence-corrected chi connectivity index (χ4v) is 2.23. The molecular formula is C10H22INO8. The number of hydrogen-bond acceptors (Lipinski definition) is 9. The molecule has 122 valence electrons. The largest absolute Gasteiger partial charge is 0.394 e. The van der Waals surface area contributed by atoms with Crippen LogP contribution in [0.25, 0.3) is 0 Å². The lowest BCUT2D eigenvalue weighted by molar-refractivity contribution is -0.0893. The molecule has 0 saturated carbocycles. The molecule has 0 aromatic carbocycles. The minimum atomic E-state index is -1.55. The molecule has 9 nitrogen and oxygen atoms in total. The maximum absolute atomic E-state index is 9.60. The van der Waals surface area contributed by atoms with Crippen LogP contribution in [0.5, 0.6) is 0 Å². The number of aliphatic hydroxyl groups excluding tert-OH is 8. The molecule has 0 bridgehead atoms. The zero-order valence-corrected chi connectivity index (χ0v) is 12.9. The van der Waals surface area contributed by atoms with Crippen molar-refractivity contribution in [1.82, 2.24) is 3.11 Å². The molecular weight excluding hydrogens is 389 g/mol. The maximum atomic E-state index is 9.60. The summed E-state index contributed by atoms with van der Waals surface area (Å²) in [5.74, 6) is 0. The Bertz CT molecular complexity index is 237. The molecule has 0 aromatic rings. The fourth-order valence-electron chi connectivity index (χ4n) is 1.43. The summed E-state index contributed by atoms with van der Waals surface area (Å²) in [5, 5.41) is 73.6. The fraction of sp³-hybridized carbons (Fsp3) is 1.00. The highest BCUT2D eigenvalue weighted by atomic mass is 127. The predicted octanol–water partition coefficient (Wildman–Crippen LogP) is -4.21. The second-order valence-corrected chi connectivity index (χ2v) is 5.81. The Morgan fingerprint density at radius 2 is 0.950 bits per heavy atom. The Hall–Kier alpha value is 0.370. The van der Waals surface area contributed by atoms with Gasteiger partial charge in [-0.25, -0.2) is 3.11 Å². The third-order valence-electron chi connectivity index (χ3n) is 2.72. The lowest BCUT2D eigenvalue weighted by Gasteiger charge is -2.28. The van der Waals surface area contributed by atoms with Crippen molar-refractivity contribution in [2.45, 2.75) is 36.6 Å². The number of rotatable bonds is 10. The van der Waals surface area contributed by atoms with E-state index in [1.54, 1.807) is 22.9 Å². The van der Waals surface area contributed by atoms with Crippen molar-refractivity contribution in [2.24, 2.45) is 0 Å². The van der Waals surface area contributed by atoms with Crippen LogP contribution in [0.3, 0.4) is 0 Å². The summed E-state index contributed by atoms with van der Waals surface area (Å²) in [6, 6.07) is 0. The molecule has 0 aliphatic carbocycles. The molecule has 10 heteroatoms. The van der Waals surface area contributed by atoms with Crippen LogP contribution in [-0.2, 0) is 0 Å². The van der Waals surface area contributed by atoms with E-state index in [9.17, 15) is 20.4 Å². The van der Waals surface area contributed by atoms with Crippen molar-refractivity contribution < 1.29 is 40.9 Å². The van der Waals surface area contributed by atoms with E-state index in [4.69, 9.17) is 20.4 Å². The van der Waals surface area contributed by atoms with Crippen LogP contribution in [0.15, 0.2) is 0 Å². The summed E-state index contributed by atoms with van der Waals surface area (Å²) in [6.45, 7) is -1.72.